The standard InChI is InChI=1S/C15H18FNO3/c1-2-17-13(18)9-5-7-11(15(19)20)14(17)10-6-3-4-8-12(10)16/h3-4,6,8,11,14H,2,5,7,9H2,1H3,(H,19,20). The first-order chi connectivity index (χ1) is 9.56. The van der Waals surface area contributed by atoms with Gasteiger partial charge < -0.3 is 10.0 Å². The first-order valence-corrected chi connectivity index (χ1v) is 6.83. The third-order valence-corrected chi connectivity index (χ3v) is 3.82. The minimum Gasteiger partial charge on any atom is -0.481 e. The van der Waals surface area contributed by atoms with Gasteiger partial charge in [-0.3, -0.25) is 9.59 Å². The number of benzene rings is 1. The molecule has 0 bridgehead atoms. The zero-order valence-electron chi connectivity index (χ0n) is 11.4. The van der Waals surface area contributed by atoms with Gasteiger partial charge in [0.05, 0.1) is 12.0 Å². The normalized spacial score (nSPS) is 23.5. The summed E-state index contributed by atoms with van der Waals surface area (Å²) in [4.78, 5) is 25.1. The summed E-state index contributed by atoms with van der Waals surface area (Å²) >= 11 is 0. The Bertz CT molecular complexity index is 516. The first kappa shape index (κ1) is 14.5. The first-order valence-electron chi connectivity index (χ1n) is 6.83. The van der Waals surface area contributed by atoms with Gasteiger partial charge in [0, 0.05) is 18.5 Å². The number of carbonyl (C=O) groups is 2. The van der Waals surface area contributed by atoms with Crippen LogP contribution in [-0.4, -0.2) is 28.4 Å². The van der Waals surface area contributed by atoms with Crippen LogP contribution in [0, 0.1) is 11.7 Å². The average Bonchev–Trinajstić information content (AvgIpc) is 2.58. The van der Waals surface area contributed by atoms with E-state index in [1.807, 2.05) is 0 Å². The van der Waals surface area contributed by atoms with Crippen LogP contribution >= 0.6 is 0 Å². The molecule has 20 heavy (non-hydrogen) atoms. The van der Waals surface area contributed by atoms with Crippen molar-refractivity contribution in [3.05, 3.63) is 35.6 Å². The number of hydrogen-bond donors (Lipinski definition) is 1. The van der Waals surface area contributed by atoms with E-state index in [2.05, 4.69) is 0 Å². The van der Waals surface area contributed by atoms with E-state index in [9.17, 15) is 19.1 Å². The topological polar surface area (TPSA) is 57.6 Å². The molecule has 1 aliphatic rings. The monoisotopic (exact) mass is 279 g/mol. The second-order valence-corrected chi connectivity index (χ2v) is 4.98. The van der Waals surface area contributed by atoms with Crippen molar-refractivity contribution in [3.8, 4) is 0 Å². The molecule has 0 radical (unpaired) electrons. The molecule has 108 valence electrons. The average molecular weight is 279 g/mol. The number of halogens is 1. The molecule has 1 heterocycles. The Morgan fingerprint density at radius 1 is 1.45 bits per heavy atom. The Morgan fingerprint density at radius 2 is 2.15 bits per heavy atom. The third-order valence-electron chi connectivity index (χ3n) is 3.82. The van der Waals surface area contributed by atoms with E-state index in [0.717, 1.165) is 0 Å². The fourth-order valence-corrected chi connectivity index (χ4v) is 2.88. The Hall–Kier alpha value is -1.91. The highest BCUT2D eigenvalue weighted by molar-refractivity contribution is 5.79. The number of amides is 1. The van der Waals surface area contributed by atoms with E-state index in [1.54, 1.807) is 25.1 Å². The van der Waals surface area contributed by atoms with Gasteiger partial charge in [-0.25, -0.2) is 4.39 Å². The van der Waals surface area contributed by atoms with Crippen LogP contribution in [0.5, 0.6) is 0 Å². The quantitative estimate of drug-likeness (QED) is 0.925. The molecule has 2 atom stereocenters. The minimum atomic E-state index is -0.980. The molecule has 1 N–H and O–H groups in total. The number of carbonyl (C=O) groups excluding carboxylic acids is 1. The van der Waals surface area contributed by atoms with Crippen LogP contribution in [0.1, 0.15) is 37.8 Å². The molecule has 2 rings (SSSR count). The number of carboxylic acid groups (broad SMARTS) is 1. The van der Waals surface area contributed by atoms with Crippen molar-refractivity contribution in [1.29, 1.82) is 0 Å². The van der Waals surface area contributed by atoms with Crippen LogP contribution in [0.4, 0.5) is 4.39 Å². The van der Waals surface area contributed by atoms with E-state index in [1.165, 1.54) is 11.0 Å². The van der Waals surface area contributed by atoms with Crippen molar-refractivity contribution in [3.63, 3.8) is 0 Å². The predicted octanol–water partition coefficient (Wildman–Crippen LogP) is 2.60. The van der Waals surface area contributed by atoms with Crippen molar-refractivity contribution < 1.29 is 19.1 Å². The van der Waals surface area contributed by atoms with Gasteiger partial charge in [-0.15, -0.1) is 0 Å². The molecule has 1 saturated heterocycles. The summed E-state index contributed by atoms with van der Waals surface area (Å²) in [7, 11) is 0. The van der Waals surface area contributed by atoms with Crippen molar-refractivity contribution in [2.24, 2.45) is 5.92 Å². The van der Waals surface area contributed by atoms with Gasteiger partial charge in [0.15, 0.2) is 0 Å². The smallest absolute Gasteiger partial charge is 0.308 e. The molecule has 1 amide bonds. The van der Waals surface area contributed by atoms with Crippen LogP contribution in [-0.2, 0) is 9.59 Å². The second-order valence-electron chi connectivity index (χ2n) is 4.98. The lowest BCUT2D eigenvalue weighted by Crippen LogP contribution is -2.39. The maximum absolute atomic E-state index is 14.0. The molecular weight excluding hydrogens is 261 g/mol. The molecule has 1 aromatic rings. The van der Waals surface area contributed by atoms with Gasteiger partial charge in [0.25, 0.3) is 0 Å². The van der Waals surface area contributed by atoms with E-state index in [4.69, 9.17) is 0 Å². The molecule has 1 aliphatic heterocycles. The summed E-state index contributed by atoms with van der Waals surface area (Å²) in [6.45, 7) is 2.16. The SMILES string of the molecule is CCN1C(=O)CCCC(C(=O)O)C1c1ccccc1F. The lowest BCUT2D eigenvalue weighted by Gasteiger charge is -2.33. The second kappa shape index (κ2) is 6.03. The Balaban J connectivity index is 2.51. The minimum absolute atomic E-state index is 0.107. The summed E-state index contributed by atoms with van der Waals surface area (Å²) in [5.41, 5.74) is 0.289. The molecule has 0 aromatic heterocycles. The van der Waals surface area contributed by atoms with Gasteiger partial charge in [-0.05, 0) is 25.8 Å². The lowest BCUT2D eigenvalue weighted by molar-refractivity contribution is -0.146. The molecule has 1 fully saturated rings. The van der Waals surface area contributed by atoms with Crippen molar-refractivity contribution in [1.82, 2.24) is 4.90 Å². The summed E-state index contributed by atoms with van der Waals surface area (Å²) in [5, 5.41) is 9.43. The third kappa shape index (κ3) is 2.66. The molecular formula is C15H18FNO3. The Morgan fingerprint density at radius 3 is 2.75 bits per heavy atom. The van der Waals surface area contributed by atoms with Crippen LogP contribution < -0.4 is 0 Å². The molecule has 2 unspecified atom stereocenters. The number of nitrogens with zero attached hydrogens (tertiary/aromatic N) is 1. The van der Waals surface area contributed by atoms with Gasteiger partial charge in [0.2, 0.25) is 5.91 Å². The van der Waals surface area contributed by atoms with Gasteiger partial charge >= 0.3 is 5.97 Å². The maximum Gasteiger partial charge on any atom is 0.308 e. The molecule has 0 saturated carbocycles. The van der Waals surface area contributed by atoms with Gasteiger partial charge in [-0.1, -0.05) is 18.2 Å². The van der Waals surface area contributed by atoms with Crippen LogP contribution in [0.25, 0.3) is 0 Å². The van der Waals surface area contributed by atoms with Crippen molar-refractivity contribution >= 4 is 11.9 Å². The highest BCUT2D eigenvalue weighted by atomic mass is 19.1. The molecule has 4 nitrogen and oxygen atoms in total. The van der Waals surface area contributed by atoms with Gasteiger partial charge in [0.1, 0.15) is 5.82 Å². The number of rotatable bonds is 3. The van der Waals surface area contributed by atoms with Crippen LogP contribution in [0.15, 0.2) is 24.3 Å². The zero-order chi connectivity index (χ0) is 14.7. The Kier molecular flexibility index (Phi) is 4.37. The zero-order valence-corrected chi connectivity index (χ0v) is 11.4. The molecule has 1 aromatic carbocycles. The van der Waals surface area contributed by atoms with E-state index in [-0.39, 0.29) is 11.5 Å². The van der Waals surface area contributed by atoms with E-state index >= 15 is 0 Å². The number of likely N-dealkylation sites (tertiary alicyclic amines) is 1. The fraction of sp³-hybridized carbons (Fsp3) is 0.467. The van der Waals surface area contributed by atoms with Crippen LogP contribution in [0.2, 0.25) is 0 Å². The largest absolute Gasteiger partial charge is 0.481 e. The summed E-state index contributed by atoms with van der Waals surface area (Å²) in [5.74, 6) is -2.31. The number of carboxylic acids is 1. The number of aliphatic carboxylic acids is 1. The Labute approximate surface area is 117 Å². The highest BCUT2D eigenvalue weighted by Gasteiger charge is 2.39. The van der Waals surface area contributed by atoms with Crippen molar-refractivity contribution in [2.75, 3.05) is 6.54 Å². The van der Waals surface area contributed by atoms with Gasteiger partial charge in [-0.2, -0.15) is 0 Å². The molecule has 5 heteroatoms. The summed E-state index contributed by atoms with van der Waals surface area (Å²) < 4.78 is 14.0. The molecule has 0 aliphatic carbocycles. The predicted molar refractivity (Wildman–Crippen MR) is 71.5 cm³/mol. The van der Waals surface area contributed by atoms with Crippen molar-refractivity contribution in [2.45, 2.75) is 32.2 Å². The highest BCUT2D eigenvalue weighted by Crippen LogP contribution is 2.36. The van der Waals surface area contributed by atoms with Crippen LogP contribution in [0.3, 0.4) is 0 Å². The maximum atomic E-state index is 14.0. The van der Waals surface area contributed by atoms with E-state index < -0.39 is 23.7 Å². The number of hydrogen-bond acceptors (Lipinski definition) is 2. The molecule has 0 spiro atoms. The summed E-state index contributed by atoms with van der Waals surface area (Å²) in [6, 6.07) is 5.37. The van der Waals surface area contributed by atoms with E-state index in [0.29, 0.717) is 25.8 Å². The lowest BCUT2D eigenvalue weighted by atomic mass is 9.89. The summed E-state index contributed by atoms with van der Waals surface area (Å²) in [6.07, 6.45) is 1.23. The fourth-order valence-electron chi connectivity index (χ4n) is 2.88.